The Balaban J connectivity index is 1.83. The third-order valence-electron chi connectivity index (χ3n) is 3.78. The van der Waals surface area contributed by atoms with E-state index in [1.54, 1.807) is 0 Å². The highest BCUT2D eigenvalue weighted by atomic mass is 16.5. The molecule has 16 heavy (non-hydrogen) atoms. The van der Waals surface area contributed by atoms with Crippen LogP contribution >= 0.6 is 0 Å². The van der Waals surface area contributed by atoms with Crippen LogP contribution in [0.3, 0.4) is 0 Å². The Morgan fingerprint density at radius 3 is 2.56 bits per heavy atom. The molecule has 2 aliphatic rings. The van der Waals surface area contributed by atoms with Crippen LogP contribution in [0.2, 0.25) is 0 Å². The molecule has 2 heteroatoms. The summed E-state index contributed by atoms with van der Waals surface area (Å²) in [7, 11) is 0. The maximum absolute atomic E-state index is 11.3. The van der Waals surface area contributed by atoms with E-state index in [0.717, 1.165) is 6.29 Å². The van der Waals surface area contributed by atoms with Crippen molar-refractivity contribution in [3.63, 3.8) is 0 Å². The highest BCUT2D eigenvalue weighted by Gasteiger charge is 2.45. The number of aldehydes is 1. The van der Waals surface area contributed by atoms with Crippen LogP contribution in [0.4, 0.5) is 0 Å². The molecule has 0 unspecified atom stereocenters. The first kappa shape index (κ1) is 10.0. The average Bonchev–Trinajstić information content (AvgIpc) is 3.09. The molecule has 1 saturated heterocycles. The first-order valence-electron chi connectivity index (χ1n) is 6.02. The SMILES string of the molecule is O=C[C@H]1[C@@H](c2ccccc2)CO[C@@H]1C1CC1. The monoisotopic (exact) mass is 216 g/mol. The lowest BCUT2D eigenvalue weighted by Crippen LogP contribution is -2.22. The van der Waals surface area contributed by atoms with Gasteiger partial charge in [-0.25, -0.2) is 0 Å². The lowest BCUT2D eigenvalue weighted by Gasteiger charge is -2.16. The van der Waals surface area contributed by atoms with Crippen molar-refractivity contribution >= 4 is 6.29 Å². The predicted octanol–water partition coefficient (Wildman–Crippen LogP) is 2.39. The lowest BCUT2D eigenvalue weighted by molar-refractivity contribution is -0.113. The third kappa shape index (κ3) is 1.67. The van der Waals surface area contributed by atoms with Crippen molar-refractivity contribution in [3.8, 4) is 0 Å². The smallest absolute Gasteiger partial charge is 0.126 e. The van der Waals surface area contributed by atoms with Gasteiger partial charge in [-0.2, -0.15) is 0 Å². The van der Waals surface area contributed by atoms with E-state index in [-0.39, 0.29) is 17.9 Å². The van der Waals surface area contributed by atoms with Gasteiger partial charge < -0.3 is 9.53 Å². The van der Waals surface area contributed by atoms with Gasteiger partial charge in [0.25, 0.3) is 0 Å². The highest BCUT2D eigenvalue weighted by molar-refractivity contribution is 5.58. The highest BCUT2D eigenvalue weighted by Crippen LogP contribution is 2.45. The molecule has 0 N–H and O–H groups in total. The van der Waals surface area contributed by atoms with E-state index in [2.05, 4.69) is 12.1 Å². The Labute approximate surface area is 95.6 Å². The Morgan fingerprint density at radius 2 is 1.94 bits per heavy atom. The van der Waals surface area contributed by atoms with Crippen LogP contribution < -0.4 is 0 Å². The minimum Gasteiger partial charge on any atom is -0.377 e. The molecule has 1 aromatic carbocycles. The van der Waals surface area contributed by atoms with Crippen molar-refractivity contribution in [2.75, 3.05) is 6.61 Å². The molecule has 0 amide bonds. The normalized spacial score (nSPS) is 33.9. The van der Waals surface area contributed by atoms with E-state index in [4.69, 9.17) is 4.74 Å². The van der Waals surface area contributed by atoms with Crippen LogP contribution in [0, 0.1) is 11.8 Å². The van der Waals surface area contributed by atoms with Gasteiger partial charge >= 0.3 is 0 Å². The van der Waals surface area contributed by atoms with Gasteiger partial charge in [0.2, 0.25) is 0 Å². The summed E-state index contributed by atoms with van der Waals surface area (Å²) in [6.45, 7) is 0.703. The summed E-state index contributed by atoms with van der Waals surface area (Å²) in [5.41, 5.74) is 1.24. The van der Waals surface area contributed by atoms with Crippen molar-refractivity contribution in [3.05, 3.63) is 35.9 Å². The first-order chi connectivity index (χ1) is 7.90. The summed E-state index contributed by atoms with van der Waals surface area (Å²) in [6, 6.07) is 10.3. The van der Waals surface area contributed by atoms with E-state index in [9.17, 15) is 4.79 Å². The van der Waals surface area contributed by atoms with Gasteiger partial charge in [0.1, 0.15) is 6.29 Å². The fraction of sp³-hybridized carbons (Fsp3) is 0.500. The van der Waals surface area contributed by atoms with Gasteiger partial charge in [0, 0.05) is 5.92 Å². The van der Waals surface area contributed by atoms with Gasteiger partial charge in [-0.3, -0.25) is 0 Å². The summed E-state index contributed by atoms with van der Waals surface area (Å²) < 4.78 is 5.82. The van der Waals surface area contributed by atoms with E-state index in [1.807, 2.05) is 18.2 Å². The fourth-order valence-electron chi connectivity index (χ4n) is 2.73. The second-order valence-corrected chi connectivity index (χ2v) is 4.87. The van der Waals surface area contributed by atoms with Crippen LogP contribution in [-0.4, -0.2) is 19.0 Å². The summed E-state index contributed by atoms with van der Waals surface area (Å²) in [5, 5.41) is 0. The topological polar surface area (TPSA) is 26.3 Å². The number of carbonyl (C=O) groups is 1. The van der Waals surface area contributed by atoms with Gasteiger partial charge in [-0.05, 0) is 24.3 Å². The molecule has 84 valence electrons. The molecule has 1 heterocycles. The summed E-state index contributed by atoms with van der Waals surface area (Å²) in [4.78, 5) is 11.3. The van der Waals surface area contributed by atoms with Crippen LogP contribution in [0.1, 0.15) is 24.3 Å². The molecule has 1 aliphatic carbocycles. The Kier molecular flexibility index (Phi) is 2.52. The fourth-order valence-corrected chi connectivity index (χ4v) is 2.73. The van der Waals surface area contributed by atoms with Crippen LogP contribution in [-0.2, 0) is 9.53 Å². The van der Waals surface area contributed by atoms with Gasteiger partial charge in [-0.15, -0.1) is 0 Å². The molecule has 2 nitrogen and oxygen atoms in total. The number of hydrogen-bond donors (Lipinski definition) is 0. The maximum Gasteiger partial charge on any atom is 0.126 e. The Hall–Kier alpha value is -1.15. The number of ether oxygens (including phenoxy) is 1. The molecule has 0 spiro atoms. The summed E-state index contributed by atoms with van der Waals surface area (Å²) in [5.74, 6) is 0.975. The van der Waals surface area contributed by atoms with Gasteiger partial charge in [0.15, 0.2) is 0 Å². The molecule has 1 aromatic rings. The molecule has 1 saturated carbocycles. The largest absolute Gasteiger partial charge is 0.377 e. The zero-order valence-corrected chi connectivity index (χ0v) is 9.21. The zero-order valence-electron chi connectivity index (χ0n) is 9.21. The minimum absolute atomic E-state index is 0.0647. The van der Waals surface area contributed by atoms with Crippen molar-refractivity contribution in [2.24, 2.45) is 11.8 Å². The second-order valence-electron chi connectivity index (χ2n) is 4.87. The van der Waals surface area contributed by atoms with E-state index in [1.165, 1.54) is 18.4 Å². The minimum atomic E-state index is 0.0647. The molecule has 1 aliphatic heterocycles. The molecule has 3 atom stereocenters. The molecule has 2 fully saturated rings. The number of rotatable bonds is 3. The van der Waals surface area contributed by atoms with Crippen molar-refractivity contribution in [2.45, 2.75) is 24.9 Å². The molecular weight excluding hydrogens is 200 g/mol. The van der Waals surface area contributed by atoms with Gasteiger partial charge in [0.05, 0.1) is 18.6 Å². The Morgan fingerprint density at radius 1 is 1.19 bits per heavy atom. The van der Waals surface area contributed by atoms with Crippen LogP contribution in [0.5, 0.6) is 0 Å². The quantitative estimate of drug-likeness (QED) is 0.725. The van der Waals surface area contributed by atoms with Crippen molar-refractivity contribution in [1.29, 1.82) is 0 Å². The molecule has 0 radical (unpaired) electrons. The van der Waals surface area contributed by atoms with E-state index < -0.39 is 0 Å². The Bertz CT molecular complexity index is 370. The average molecular weight is 216 g/mol. The van der Waals surface area contributed by atoms with E-state index in [0.29, 0.717) is 12.5 Å². The molecule has 3 rings (SSSR count). The number of hydrogen-bond acceptors (Lipinski definition) is 2. The van der Waals surface area contributed by atoms with Crippen molar-refractivity contribution < 1.29 is 9.53 Å². The number of benzene rings is 1. The summed E-state index contributed by atoms with van der Waals surface area (Å²) in [6.07, 6.45) is 3.75. The van der Waals surface area contributed by atoms with Crippen LogP contribution in [0.25, 0.3) is 0 Å². The molecular formula is C14H16O2. The second kappa shape index (κ2) is 4.02. The standard InChI is InChI=1S/C14H16O2/c15-8-12-13(10-4-2-1-3-5-10)9-16-14(12)11-6-7-11/h1-5,8,11-14H,6-7,9H2/t12-,13+,14+/m0/s1. The lowest BCUT2D eigenvalue weighted by atomic mass is 9.85. The molecule has 0 aromatic heterocycles. The van der Waals surface area contributed by atoms with Crippen LogP contribution in [0.15, 0.2) is 30.3 Å². The van der Waals surface area contributed by atoms with E-state index >= 15 is 0 Å². The number of carbonyl (C=O) groups excluding carboxylic acids is 1. The zero-order chi connectivity index (χ0) is 11.0. The molecule has 0 bridgehead atoms. The van der Waals surface area contributed by atoms with Gasteiger partial charge in [-0.1, -0.05) is 30.3 Å². The third-order valence-corrected chi connectivity index (χ3v) is 3.78. The first-order valence-corrected chi connectivity index (χ1v) is 6.02. The predicted molar refractivity (Wildman–Crippen MR) is 61.2 cm³/mol. The maximum atomic E-state index is 11.3. The summed E-state index contributed by atoms with van der Waals surface area (Å²) >= 11 is 0. The van der Waals surface area contributed by atoms with Crippen molar-refractivity contribution in [1.82, 2.24) is 0 Å².